The number of rotatable bonds is 4. The summed E-state index contributed by atoms with van der Waals surface area (Å²) in [6, 6.07) is 4.34. The van der Waals surface area contributed by atoms with Crippen LogP contribution < -0.4 is 0 Å². The number of thiophene rings is 1. The van der Waals surface area contributed by atoms with Gasteiger partial charge >= 0.3 is 0 Å². The van der Waals surface area contributed by atoms with Gasteiger partial charge in [0.1, 0.15) is 5.82 Å². The Balaban J connectivity index is 1.92. The van der Waals surface area contributed by atoms with E-state index in [9.17, 15) is 0 Å². The summed E-state index contributed by atoms with van der Waals surface area (Å²) in [5, 5.41) is 13.9. The molecule has 0 radical (unpaired) electrons. The number of hydrogen-bond donors (Lipinski definition) is 0. The first-order valence-electron chi connectivity index (χ1n) is 6.07. The first kappa shape index (κ1) is 12.0. The van der Waals surface area contributed by atoms with Crippen LogP contribution in [0, 0.1) is 0 Å². The standard InChI is InChI=1S/C12H14N6S/c1-9(2)18-11(14-15-16-18)8-17-6-5-13-12(17)10-4-3-7-19-10/h3-7,9H,8H2,1-2H3. The van der Waals surface area contributed by atoms with Crippen molar-refractivity contribution in [2.45, 2.75) is 26.4 Å². The van der Waals surface area contributed by atoms with Crippen molar-refractivity contribution in [3.8, 4) is 10.7 Å². The molecule has 0 fully saturated rings. The molecule has 0 aliphatic rings. The van der Waals surface area contributed by atoms with Gasteiger partial charge in [-0.3, -0.25) is 0 Å². The Hall–Kier alpha value is -2.02. The molecule has 0 aromatic carbocycles. The maximum Gasteiger partial charge on any atom is 0.171 e. The van der Waals surface area contributed by atoms with E-state index in [0.717, 1.165) is 16.5 Å². The summed E-state index contributed by atoms with van der Waals surface area (Å²) in [6.45, 7) is 4.75. The number of imidazole rings is 1. The van der Waals surface area contributed by atoms with Crippen LogP contribution in [-0.2, 0) is 6.54 Å². The van der Waals surface area contributed by atoms with Gasteiger partial charge in [0.15, 0.2) is 5.82 Å². The SMILES string of the molecule is CC(C)n1nnnc1Cn1ccnc1-c1cccs1. The second-order valence-electron chi connectivity index (χ2n) is 4.49. The molecule has 0 aliphatic carbocycles. The summed E-state index contributed by atoms with van der Waals surface area (Å²) in [5.41, 5.74) is 0. The van der Waals surface area contributed by atoms with Gasteiger partial charge in [-0.2, -0.15) is 0 Å². The molecule has 6 nitrogen and oxygen atoms in total. The lowest BCUT2D eigenvalue weighted by molar-refractivity contribution is 0.486. The first-order valence-corrected chi connectivity index (χ1v) is 6.95. The van der Waals surface area contributed by atoms with Crippen LogP contribution in [0.4, 0.5) is 0 Å². The maximum absolute atomic E-state index is 4.41. The molecule has 7 heteroatoms. The van der Waals surface area contributed by atoms with Crippen LogP contribution in [0.5, 0.6) is 0 Å². The molecule has 3 aromatic rings. The minimum atomic E-state index is 0.249. The minimum Gasteiger partial charge on any atom is -0.323 e. The predicted octanol–water partition coefficient (Wildman–Crippen LogP) is 2.23. The van der Waals surface area contributed by atoms with E-state index in [1.165, 1.54) is 0 Å². The minimum absolute atomic E-state index is 0.249. The number of hydrogen-bond acceptors (Lipinski definition) is 5. The summed E-state index contributed by atoms with van der Waals surface area (Å²) in [7, 11) is 0. The van der Waals surface area contributed by atoms with Gasteiger partial charge in [0.25, 0.3) is 0 Å². The average Bonchev–Trinajstić information content (AvgIpc) is 3.09. The average molecular weight is 274 g/mol. The third-order valence-corrected chi connectivity index (χ3v) is 3.68. The Morgan fingerprint density at radius 1 is 1.37 bits per heavy atom. The lowest BCUT2D eigenvalue weighted by Gasteiger charge is -2.09. The van der Waals surface area contributed by atoms with Crippen molar-refractivity contribution >= 4 is 11.3 Å². The molecule has 3 heterocycles. The molecule has 0 unspecified atom stereocenters. The number of nitrogens with zero attached hydrogens (tertiary/aromatic N) is 6. The molecule has 0 aliphatic heterocycles. The number of aromatic nitrogens is 6. The van der Waals surface area contributed by atoms with Crippen molar-refractivity contribution in [2.75, 3.05) is 0 Å². The summed E-state index contributed by atoms with van der Waals surface area (Å²) in [5.74, 6) is 1.79. The largest absolute Gasteiger partial charge is 0.323 e. The van der Waals surface area contributed by atoms with Gasteiger partial charge in [-0.15, -0.1) is 16.4 Å². The van der Waals surface area contributed by atoms with E-state index in [2.05, 4.69) is 45.0 Å². The summed E-state index contributed by atoms with van der Waals surface area (Å²) in [4.78, 5) is 5.56. The van der Waals surface area contributed by atoms with Crippen molar-refractivity contribution in [1.29, 1.82) is 0 Å². The highest BCUT2D eigenvalue weighted by Crippen LogP contribution is 2.23. The molecular weight excluding hydrogens is 260 g/mol. The molecule has 98 valence electrons. The topological polar surface area (TPSA) is 61.4 Å². The zero-order valence-electron chi connectivity index (χ0n) is 10.8. The van der Waals surface area contributed by atoms with Gasteiger partial charge in [0.05, 0.1) is 17.5 Å². The van der Waals surface area contributed by atoms with Crippen LogP contribution >= 0.6 is 11.3 Å². The molecule has 0 bridgehead atoms. The van der Waals surface area contributed by atoms with Gasteiger partial charge < -0.3 is 4.57 Å². The smallest absolute Gasteiger partial charge is 0.171 e. The molecule has 19 heavy (non-hydrogen) atoms. The highest BCUT2D eigenvalue weighted by molar-refractivity contribution is 7.13. The zero-order chi connectivity index (χ0) is 13.2. The predicted molar refractivity (Wildman–Crippen MR) is 72.8 cm³/mol. The highest BCUT2D eigenvalue weighted by Gasteiger charge is 2.13. The van der Waals surface area contributed by atoms with Crippen LogP contribution in [0.1, 0.15) is 25.7 Å². The third kappa shape index (κ3) is 2.28. The summed E-state index contributed by atoms with van der Waals surface area (Å²) < 4.78 is 3.90. The first-order chi connectivity index (χ1) is 9.25. The zero-order valence-corrected chi connectivity index (χ0v) is 11.6. The van der Waals surface area contributed by atoms with E-state index in [0.29, 0.717) is 6.54 Å². The Morgan fingerprint density at radius 2 is 2.26 bits per heavy atom. The number of tetrazole rings is 1. The normalized spacial score (nSPS) is 11.3. The fourth-order valence-electron chi connectivity index (χ4n) is 1.94. The van der Waals surface area contributed by atoms with Crippen LogP contribution in [0.15, 0.2) is 29.9 Å². The van der Waals surface area contributed by atoms with E-state index in [1.807, 2.05) is 22.3 Å². The van der Waals surface area contributed by atoms with E-state index in [-0.39, 0.29) is 6.04 Å². The molecule has 0 spiro atoms. The van der Waals surface area contributed by atoms with Crippen molar-refractivity contribution < 1.29 is 0 Å². The molecular formula is C12H14N6S. The van der Waals surface area contributed by atoms with Crippen LogP contribution in [0.3, 0.4) is 0 Å². The van der Waals surface area contributed by atoms with E-state index >= 15 is 0 Å². The van der Waals surface area contributed by atoms with Gasteiger partial charge in [-0.05, 0) is 35.7 Å². The maximum atomic E-state index is 4.41. The fourth-order valence-corrected chi connectivity index (χ4v) is 2.67. The van der Waals surface area contributed by atoms with Crippen molar-refractivity contribution in [2.24, 2.45) is 0 Å². The fraction of sp³-hybridized carbons (Fsp3) is 0.333. The Kier molecular flexibility index (Phi) is 3.12. The van der Waals surface area contributed by atoms with E-state index in [1.54, 1.807) is 17.5 Å². The molecule has 0 N–H and O–H groups in total. The van der Waals surface area contributed by atoms with Gasteiger partial charge in [0.2, 0.25) is 0 Å². The summed E-state index contributed by atoms with van der Waals surface area (Å²) >= 11 is 1.68. The van der Waals surface area contributed by atoms with Crippen LogP contribution in [-0.4, -0.2) is 29.8 Å². The molecule has 0 atom stereocenters. The van der Waals surface area contributed by atoms with Gasteiger partial charge in [-0.25, -0.2) is 9.67 Å². The molecule has 3 aromatic heterocycles. The van der Waals surface area contributed by atoms with Gasteiger partial charge in [-0.1, -0.05) is 6.07 Å². The second kappa shape index (κ2) is 4.93. The lowest BCUT2D eigenvalue weighted by Crippen LogP contribution is -2.12. The molecule has 3 rings (SSSR count). The van der Waals surface area contributed by atoms with Crippen molar-refractivity contribution in [1.82, 2.24) is 29.8 Å². The highest BCUT2D eigenvalue weighted by atomic mass is 32.1. The second-order valence-corrected chi connectivity index (χ2v) is 5.44. The third-order valence-electron chi connectivity index (χ3n) is 2.82. The lowest BCUT2D eigenvalue weighted by atomic mass is 10.4. The van der Waals surface area contributed by atoms with Gasteiger partial charge in [0, 0.05) is 12.4 Å². The van der Waals surface area contributed by atoms with Crippen LogP contribution in [0.2, 0.25) is 0 Å². The van der Waals surface area contributed by atoms with E-state index < -0.39 is 0 Å². The molecule has 0 saturated heterocycles. The Bertz CT molecular complexity index is 651. The summed E-state index contributed by atoms with van der Waals surface area (Å²) in [6.07, 6.45) is 3.76. The van der Waals surface area contributed by atoms with Crippen molar-refractivity contribution in [3.05, 3.63) is 35.7 Å². The van der Waals surface area contributed by atoms with Crippen LogP contribution in [0.25, 0.3) is 10.7 Å². The molecule has 0 amide bonds. The molecule has 0 saturated carbocycles. The Labute approximate surface area is 114 Å². The van der Waals surface area contributed by atoms with Crippen molar-refractivity contribution in [3.63, 3.8) is 0 Å². The Morgan fingerprint density at radius 3 is 3.00 bits per heavy atom. The quantitative estimate of drug-likeness (QED) is 0.732. The monoisotopic (exact) mass is 274 g/mol. The van der Waals surface area contributed by atoms with E-state index in [4.69, 9.17) is 0 Å².